The summed E-state index contributed by atoms with van der Waals surface area (Å²) in [6, 6.07) is 0. The van der Waals surface area contributed by atoms with Crippen LogP contribution in [0.3, 0.4) is 0 Å². The van der Waals surface area contributed by atoms with Crippen molar-refractivity contribution in [1.82, 2.24) is 10.3 Å². The number of aromatic nitrogens is 1. The number of thiazole rings is 1. The summed E-state index contributed by atoms with van der Waals surface area (Å²) in [5, 5.41) is 7.74. The predicted octanol–water partition coefficient (Wildman–Crippen LogP) is 2.33. The summed E-state index contributed by atoms with van der Waals surface area (Å²) in [5.41, 5.74) is 1.13. The van der Waals surface area contributed by atoms with Gasteiger partial charge in [0.15, 0.2) is 5.13 Å². The second-order valence-corrected chi connectivity index (χ2v) is 5.96. The highest BCUT2D eigenvalue weighted by Gasteiger charge is 2.12. The summed E-state index contributed by atoms with van der Waals surface area (Å²) in [6.45, 7) is 8.15. The van der Waals surface area contributed by atoms with Crippen molar-refractivity contribution in [1.29, 1.82) is 0 Å². The van der Waals surface area contributed by atoms with Crippen LogP contribution in [0.2, 0.25) is 0 Å². The SMILES string of the molecule is Cc1nc(NCCCOC2CCNCC2)sc1C. The minimum absolute atomic E-state index is 0.468. The van der Waals surface area contributed by atoms with Gasteiger partial charge in [0.1, 0.15) is 0 Å². The quantitative estimate of drug-likeness (QED) is 0.778. The lowest BCUT2D eigenvalue weighted by Crippen LogP contribution is -2.32. The smallest absolute Gasteiger partial charge is 0.183 e. The second-order valence-electron chi connectivity index (χ2n) is 4.76. The van der Waals surface area contributed by atoms with Crippen LogP contribution in [0.15, 0.2) is 0 Å². The second kappa shape index (κ2) is 7.07. The van der Waals surface area contributed by atoms with Crippen molar-refractivity contribution in [3.05, 3.63) is 10.6 Å². The molecule has 0 amide bonds. The molecule has 0 radical (unpaired) electrons. The fourth-order valence-corrected chi connectivity index (χ4v) is 2.87. The van der Waals surface area contributed by atoms with E-state index in [0.29, 0.717) is 6.10 Å². The Morgan fingerprint density at radius 2 is 2.17 bits per heavy atom. The summed E-state index contributed by atoms with van der Waals surface area (Å²) in [5.74, 6) is 0. The van der Waals surface area contributed by atoms with Gasteiger partial charge in [-0.3, -0.25) is 0 Å². The van der Waals surface area contributed by atoms with Gasteiger partial charge in [0.2, 0.25) is 0 Å². The van der Waals surface area contributed by atoms with Crippen LogP contribution in [0.1, 0.15) is 29.8 Å². The Labute approximate surface area is 113 Å². The minimum Gasteiger partial charge on any atom is -0.378 e. The molecule has 102 valence electrons. The molecule has 0 aliphatic carbocycles. The maximum absolute atomic E-state index is 5.85. The van der Waals surface area contributed by atoms with E-state index in [-0.39, 0.29) is 0 Å². The Morgan fingerprint density at radius 1 is 1.39 bits per heavy atom. The molecule has 1 aliphatic heterocycles. The molecule has 0 spiro atoms. The number of hydrogen-bond donors (Lipinski definition) is 2. The molecule has 1 aliphatic rings. The molecule has 1 aromatic rings. The molecule has 0 atom stereocenters. The Balaban J connectivity index is 1.55. The lowest BCUT2D eigenvalue weighted by atomic mass is 10.1. The summed E-state index contributed by atoms with van der Waals surface area (Å²) < 4.78 is 5.85. The molecule has 5 heteroatoms. The molecule has 2 rings (SSSR count). The largest absolute Gasteiger partial charge is 0.378 e. The predicted molar refractivity (Wildman–Crippen MR) is 76.5 cm³/mol. The third-order valence-electron chi connectivity index (χ3n) is 3.27. The number of hydrogen-bond acceptors (Lipinski definition) is 5. The van der Waals surface area contributed by atoms with Crippen molar-refractivity contribution in [2.45, 2.75) is 39.2 Å². The first-order chi connectivity index (χ1) is 8.75. The highest BCUT2D eigenvalue weighted by Crippen LogP contribution is 2.20. The van der Waals surface area contributed by atoms with Gasteiger partial charge in [-0.25, -0.2) is 4.98 Å². The molecule has 4 nitrogen and oxygen atoms in total. The van der Waals surface area contributed by atoms with Gasteiger partial charge in [-0.15, -0.1) is 11.3 Å². The van der Waals surface area contributed by atoms with E-state index in [0.717, 1.165) is 56.3 Å². The number of nitrogens with zero attached hydrogens (tertiary/aromatic N) is 1. The first-order valence-corrected chi connectivity index (χ1v) is 7.57. The molecule has 2 N–H and O–H groups in total. The Kier molecular flexibility index (Phi) is 5.41. The third-order valence-corrected chi connectivity index (χ3v) is 4.30. The Morgan fingerprint density at radius 3 is 2.83 bits per heavy atom. The van der Waals surface area contributed by atoms with Crippen LogP contribution in [0.4, 0.5) is 5.13 Å². The molecule has 2 heterocycles. The minimum atomic E-state index is 0.468. The number of piperidine rings is 1. The third kappa shape index (κ3) is 4.23. The molecule has 1 fully saturated rings. The molecule has 0 saturated carbocycles. The topological polar surface area (TPSA) is 46.2 Å². The van der Waals surface area contributed by atoms with Gasteiger partial charge in [0, 0.05) is 18.0 Å². The lowest BCUT2D eigenvalue weighted by Gasteiger charge is -2.22. The van der Waals surface area contributed by atoms with Crippen molar-refractivity contribution in [3.8, 4) is 0 Å². The van der Waals surface area contributed by atoms with E-state index in [9.17, 15) is 0 Å². The van der Waals surface area contributed by atoms with E-state index in [1.807, 2.05) is 0 Å². The zero-order chi connectivity index (χ0) is 12.8. The van der Waals surface area contributed by atoms with Crippen LogP contribution < -0.4 is 10.6 Å². The lowest BCUT2D eigenvalue weighted by molar-refractivity contribution is 0.0329. The monoisotopic (exact) mass is 269 g/mol. The fraction of sp³-hybridized carbons (Fsp3) is 0.769. The molecular weight excluding hydrogens is 246 g/mol. The summed E-state index contributed by atoms with van der Waals surface area (Å²) in [4.78, 5) is 5.75. The highest BCUT2D eigenvalue weighted by molar-refractivity contribution is 7.15. The van der Waals surface area contributed by atoms with Crippen molar-refractivity contribution >= 4 is 16.5 Å². The van der Waals surface area contributed by atoms with Crippen LogP contribution in [-0.2, 0) is 4.74 Å². The number of rotatable bonds is 6. The molecule has 18 heavy (non-hydrogen) atoms. The molecule has 0 bridgehead atoms. The van der Waals surface area contributed by atoms with Crippen molar-refractivity contribution in [3.63, 3.8) is 0 Å². The van der Waals surface area contributed by atoms with E-state index >= 15 is 0 Å². The van der Waals surface area contributed by atoms with Gasteiger partial charge in [-0.05, 0) is 46.2 Å². The van der Waals surface area contributed by atoms with Gasteiger partial charge in [0.25, 0.3) is 0 Å². The van der Waals surface area contributed by atoms with Crippen LogP contribution in [0.5, 0.6) is 0 Å². The maximum Gasteiger partial charge on any atom is 0.183 e. The molecular formula is C13H23N3OS. The van der Waals surface area contributed by atoms with E-state index < -0.39 is 0 Å². The molecule has 0 unspecified atom stereocenters. The van der Waals surface area contributed by atoms with Gasteiger partial charge in [0.05, 0.1) is 11.8 Å². The van der Waals surface area contributed by atoms with Crippen LogP contribution in [0, 0.1) is 13.8 Å². The van der Waals surface area contributed by atoms with Gasteiger partial charge >= 0.3 is 0 Å². The van der Waals surface area contributed by atoms with E-state index in [4.69, 9.17) is 4.74 Å². The molecule has 1 aromatic heterocycles. The van der Waals surface area contributed by atoms with E-state index in [1.165, 1.54) is 4.88 Å². The number of anilines is 1. The first kappa shape index (κ1) is 13.8. The molecule has 0 aromatic carbocycles. The number of nitrogens with one attached hydrogen (secondary N) is 2. The average molecular weight is 269 g/mol. The van der Waals surface area contributed by atoms with Crippen LogP contribution in [0.25, 0.3) is 0 Å². The highest BCUT2D eigenvalue weighted by atomic mass is 32.1. The van der Waals surface area contributed by atoms with E-state index in [2.05, 4.69) is 29.5 Å². The number of ether oxygens (including phenoxy) is 1. The Bertz CT molecular complexity index is 342. The van der Waals surface area contributed by atoms with Gasteiger partial charge in [-0.1, -0.05) is 0 Å². The van der Waals surface area contributed by atoms with Crippen molar-refractivity contribution in [2.24, 2.45) is 0 Å². The standard InChI is InChI=1S/C13H23N3OS/c1-10-11(2)18-13(16-10)15-6-3-9-17-12-4-7-14-8-5-12/h12,14H,3-9H2,1-2H3,(H,15,16). The summed E-state index contributed by atoms with van der Waals surface area (Å²) >= 11 is 1.73. The van der Waals surface area contributed by atoms with Crippen LogP contribution in [-0.4, -0.2) is 37.3 Å². The van der Waals surface area contributed by atoms with Crippen molar-refractivity contribution < 1.29 is 4.74 Å². The number of aryl methyl sites for hydroxylation is 2. The van der Waals surface area contributed by atoms with Crippen molar-refractivity contribution in [2.75, 3.05) is 31.6 Å². The zero-order valence-corrected chi connectivity index (χ0v) is 12.1. The van der Waals surface area contributed by atoms with E-state index in [1.54, 1.807) is 11.3 Å². The normalized spacial score (nSPS) is 17.0. The fourth-order valence-electron chi connectivity index (χ4n) is 2.03. The maximum atomic E-state index is 5.85. The average Bonchev–Trinajstić information content (AvgIpc) is 2.70. The van der Waals surface area contributed by atoms with Gasteiger partial charge in [-0.2, -0.15) is 0 Å². The first-order valence-electron chi connectivity index (χ1n) is 6.76. The summed E-state index contributed by atoms with van der Waals surface area (Å²) in [6.07, 6.45) is 3.81. The van der Waals surface area contributed by atoms with Crippen LogP contribution >= 0.6 is 11.3 Å². The van der Waals surface area contributed by atoms with Gasteiger partial charge < -0.3 is 15.4 Å². The molecule has 1 saturated heterocycles. The Hall–Kier alpha value is -0.650. The summed E-state index contributed by atoms with van der Waals surface area (Å²) in [7, 11) is 0. The zero-order valence-electron chi connectivity index (χ0n) is 11.3.